The quantitative estimate of drug-likeness (QED) is 0.681. The van der Waals surface area contributed by atoms with Crippen molar-refractivity contribution < 1.29 is 26.7 Å². The Hall–Kier alpha value is -2.04. The van der Waals surface area contributed by atoms with E-state index >= 15 is 0 Å². The number of anilines is 1. The van der Waals surface area contributed by atoms with Crippen molar-refractivity contribution in [2.75, 3.05) is 12.3 Å². The Balaban J connectivity index is 2.79. The maximum Gasteiger partial charge on any atom is 0.456 e. The third-order valence-corrected chi connectivity index (χ3v) is 2.22. The predicted octanol–water partition coefficient (Wildman–Crippen LogP) is 2.91. The van der Waals surface area contributed by atoms with E-state index in [1.807, 2.05) is 0 Å². The highest BCUT2D eigenvalue weighted by Gasteiger charge is 2.58. The van der Waals surface area contributed by atoms with E-state index in [0.29, 0.717) is 5.56 Å². The molecule has 3 nitrogen and oxygen atoms in total. The second-order valence-corrected chi connectivity index (χ2v) is 3.69. The van der Waals surface area contributed by atoms with E-state index in [9.17, 15) is 22.0 Å². The van der Waals surface area contributed by atoms with Gasteiger partial charge in [0.2, 0.25) is 0 Å². The highest BCUT2D eigenvalue weighted by molar-refractivity contribution is 5.51. The van der Waals surface area contributed by atoms with Crippen molar-refractivity contribution in [3.05, 3.63) is 23.8 Å². The lowest BCUT2D eigenvalue weighted by atomic mass is 10.1. The van der Waals surface area contributed by atoms with Crippen molar-refractivity contribution in [3.8, 4) is 11.8 Å². The second-order valence-electron chi connectivity index (χ2n) is 3.69. The van der Waals surface area contributed by atoms with Gasteiger partial charge in [0, 0.05) is 5.69 Å². The standard InChI is InChI=1S/C11H9F5N2O/c12-10(13,11(14,15)16)6-19-8-1-2-9(18)7(5-8)3-4-17/h1-2,5H,3,6,18H2. The van der Waals surface area contributed by atoms with Crippen molar-refractivity contribution >= 4 is 5.69 Å². The zero-order valence-corrected chi connectivity index (χ0v) is 9.47. The van der Waals surface area contributed by atoms with Gasteiger partial charge in [-0.1, -0.05) is 0 Å². The summed E-state index contributed by atoms with van der Waals surface area (Å²) in [6.07, 6.45) is -5.77. The fraction of sp³-hybridized carbons (Fsp3) is 0.364. The summed E-state index contributed by atoms with van der Waals surface area (Å²) in [5.74, 6) is -5.15. The zero-order chi connectivity index (χ0) is 14.7. The molecule has 1 aromatic rings. The molecule has 2 N–H and O–H groups in total. The molecule has 0 fully saturated rings. The van der Waals surface area contributed by atoms with Crippen LogP contribution < -0.4 is 10.5 Å². The van der Waals surface area contributed by atoms with Gasteiger partial charge in [0.1, 0.15) is 5.75 Å². The number of benzene rings is 1. The minimum atomic E-state index is -5.67. The van der Waals surface area contributed by atoms with Gasteiger partial charge in [-0.15, -0.1) is 0 Å². The predicted molar refractivity (Wildman–Crippen MR) is 56.7 cm³/mol. The van der Waals surface area contributed by atoms with Crippen molar-refractivity contribution in [1.29, 1.82) is 5.26 Å². The summed E-state index contributed by atoms with van der Waals surface area (Å²) in [5.41, 5.74) is 6.03. The average molecular weight is 280 g/mol. The van der Waals surface area contributed by atoms with Gasteiger partial charge in [-0.2, -0.15) is 27.2 Å². The Kier molecular flexibility index (Phi) is 4.19. The van der Waals surface area contributed by atoms with Gasteiger partial charge in [0.05, 0.1) is 12.5 Å². The van der Waals surface area contributed by atoms with E-state index in [2.05, 4.69) is 4.74 Å². The van der Waals surface area contributed by atoms with E-state index in [1.54, 1.807) is 6.07 Å². The molecule has 0 aliphatic carbocycles. The summed E-state index contributed by atoms with van der Waals surface area (Å²) < 4.78 is 65.4. The molecule has 1 aromatic carbocycles. The number of nitrogens with zero attached hydrogens (tertiary/aromatic N) is 1. The summed E-state index contributed by atoms with van der Waals surface area (Å²) in [4.78, 5) is 0. The van der Waals surface area contributed by atoms with Gasteiger partial charge >= 0.3 is 12.1 Å². The minimum Gasteiger partial charge on any atom is -0.487 e. The Morgan fingerprint density at radius 2 is 1.84 bits per heavy atom. The number of rotatable bonds is 4. The lowest BCUT2D eigenvalue weighted by molar-refractivity contribution is -0.290. The first-order valence-electron chi connectivity index (χ1n) is 5.00. The molecule has 0 saturated carbocycles. The number of nitriles is 1. The first kappa shape index (κ1) is 15.0. The summed E-state index contributed by atoms with van der Waals surface area (Å²) in [6, 6.07) is 5.37. The lowest BCUT2D eigenvalue weighted by Crippen LogP contribution is -2.41. The van der Waals surface area contributed by atoms with Crippen molar-refractivity contribution in [2.45, 2.75) is 18.5 Å². The van der Waals surface area contributed by atoms with Gasteiger partial charge in [-0.25, -0.2) is 0 Å². The molecule has 0 aliphatic heterocycles. The minimum absolute atomic E-state index is 0.0985. The highest BCUT2D eigenvalue weighted by Crippen LogP contribution is 2.35. The number of alkyl halides is 5. The highest BCUT2D eigenvalue weighted by atomic mass is 19.4. The van der Waals surface area contributed by atoms with Gasteiger partial charge in [0.15, 0.2) is 6.61 Å². The van der Waals surface area contributed by atoms with Crippen LogP contribution in [0.1, 0.15) is 5.56 Å². The Morgan fingerprint density at radius 1 is 1.21 bits per heavy atom. The Bertz CT molecular complexity index is 493. The van der Waals surface area contributed by atoms with Crippen LogP contribution in [0.25, 0.3) is 0 Å². The molecule has 0 spiro atoms. The SMILES string of the molecule is N#CCc1cc(OCC(F)(F)C(F)(F)F)ccc1N. The van der Waals surface area contributed by atoms with Gasteiger partial charge in [-0.3, -0.25) is 0 Å². The van der Waals surface area contributed by atoms with Gasteiger partial charge in [0.25, 0.3) is 0 Å². The monoisotopic (exact) mass is 280 g/mol. The molecular weight excluding hydrogens is 271 g/mol. The number of nitrogens with two attached hydrogens (primary N) is 1. The molecule has 0 unspecified atom stereocenters. The first-order chi connectivity index (χ1) is 8.67. The van der Waals surface area contributed by atoms with E-state index in [0.717, 1.165) is 12.1 Å². The van der Waals surface area contributed by atoms with Crippen molar-refractivity contribution in [3.63, 3.8) is 0 Å². The molecule has 0 amide bonds. The summed E-state index contributed by atoms with van der Waals surface area (Å²) in [6.45, 7) is -1.83. The Morgan fingerprint density at radius 3 is 2.37 bits per heavy atom. The van der Waals surface area contributed by atoms with Crippen LogP contribution in [0.3, 0.4) is 0 Å². The summed E-state index contributed by atoms with van der Waals surface area (Å²) in [5, 5.41) is 8.49. The summed E-state index contributed by atoms with van der Waals surface area (Å²) in [7, 11) is 0. The van der Waals surface area contributed by atoms with Crippen LogP contribution in [-0.4, -0.2) is 18.7 Å². The van der Waals surface area contributed by atoms with E-state index < -0.39 is 18.7 Å². The molecule has 0 radical (unpaired) electrons. The largest absolute Gasteiger partial charge is 0.487 e. The van der Waals surface area contributed by atoms with Gasteiger partial charge in [-0.05, 0) is 23.8 Å². The first-order valence-corrected chi connectivity index (χ1v) is 5.00. The molecular formula is C11H9F5N2O. The fourth-order valence-corrected chi connectivity index (χ4v) is 1.17. The van der Waals surface area contributed by atoms with E-state index in [4.69, 9.17) is 11.0 Å². The maximum absolute atomic E-state index is 12.6. The maximum atomic E-state index is 12.6. The van der Waals surface area contributed by atoms with Crippen LogP contribution in [0.5, 0.6) is 5.75 Å². The number of hydrogen-bond donors (Lipinski definition) is 1. The second kappa shape index (κ2) is 5.30. The molecule has 1 rings (SSSR count). The number of halogens is 5. The third kappa shape index (κ3) is 3.71. The topological polar surface area (TPSA) is 59.0 Å². The molecule has 0 aliphatic rings. The lowest BCUT2D eigenvalue weighted by Gasteiger charge is -2.20. The molecule has 19 heavy (non-hydrogen) atoms. The van der Waals surface area contributed by atoms with Crippen LogP contribution in [0, 0.1) is 11.3 Å². The fourth-order valence-electron chi connectivity index (χ4n) is 1.17. The van der Waals surface area contributed by atoms with Gasteiger partial charge < -0.3 is 10.5 Å². The van der Waals surface area contributed by atoms with Crippen LogP contribution in [-0.2, 0) is 6.42 Å². The van der Waals surface area contributed by atoms with Crippen LogP contribution in [0.15, 0.2) is 18.2 Å². The molecule has 0 heterocycles. The van der Waals surface area contributed by atoms with Crippen molar-refractivity contribution in [1.82, 2.24) is 0 Å². The van der Waals surface area contributed by atoms with E-state index in [1.165, 1.54) is 6.07 Å². The zero-order valence-electron chi connectivity index (χ0n) is 9.47. The number of ether oxygens (including phenoxy) is 1. The molecule has 0 atom stereocenters. The molecule has 0 aromatic heterocycles. The third-order valence-electron chi connectivity index (χ3n) is 2.22. The molecule has 8 heteroatoms. The smallest absolute Gasteiger partial charge is 0.456 e. The normalized spacial score (nSPS) is 12.0. The number of hydrogen-bond acceptors (Lipinski definition) is 3. The average Bonchev–Trinajstić information content (AvgIpc) is 2.29. The van der Waals surface area contributed by atoms with Crippen LogP contribution in [0.4, 0.5) is 27.6 Å². The van der Waals surface area contributed by atoms with Crippen LogP contribution >= 0.6 is 0 Å². The molecule has 0 bridgehead atoms. The Labute approximate surface area is 105 Å². The van der Waals surface area contributed by atoms with Crippen molar-refractivity contribution in [2.24, 2.45) is 0 Å². The molecule has 104 valence electrons. The number of nitrogen functional groups attached to an aromatic ring is 1. The molecule has 0 saturated heterocycles. The van der Waals surface area contributed by atoms with E-state index in [-0.39, 0.29) is 17.9 Å². The summed E-state index contributed by atoms with van der Waals surface area (Å²) >= 11 is 0. The van der Waals surface area contributed by atoms with Crippen LogP contribution in [0.2, 0.25) is 0 Å².